The van der Waals surface area contributed by atoms with Gasteiger partial charge in [0.1, 0.15) is 0 Å². The van der Waals surface area contributed by atoms with E-state index in [1.54, 1.807) is 20.8 Å². The third-order valence-electron chi connectivity index (χ3n) is 2.12. The number of rotatable bonds is 3. The molecule has 0 unspecified atom stereocenters. The topological polar surface area (TPSA) is 46.1 Å². The third kappa shape index (κ3) is 5.58. The average Bonchev–Trinajstić information content (AvgIpc) is 1.90. The first-order valence-electron chi connectivity index (χ1n) is 3.44. The molecule has 2 radical (unpaired) electrons. The minimum atomic E-state index is -3.63. The van der Waals surface area contributed by atoms with Crippen LogP contribution in [0, 0.1) is 0 Å². The molecule has 5 heteroatoms. The van der Waals surface area contributed by atoms with E-state index in [0.717, 1.165) is 0 Å². The van der Waals surface area contributed by atoms with Crippen LogP contribution in [0.1, 0.15) is 20.8 Å². The van der Waals surface area contributed by atoms with Gasteiger partial charge in [-0.2, -0.15) is 0 Å². The molecular formula is C6H15Co2O2P-2. The van der Waals surface area contributed by atoms with Crippen molar-refractivity contribution in [2.24, 2.45) is 0 Å². The molecule has 0 aliphatic heterocycles. The zero-order valence-electron chi connectivity index (χ0n) is 7.05. The second-order valence-electron chi connectivity index (χ2n) is 2.47. The van der Waals surface area contributed by atoms with Crippen LogP contribution in [0.15, 0.2) is 0 Å². The van der Waals surface area contributed by atoms with Gasteiger partial charge in [0.15, 0.2) is 0 Å². The van der Waals surface area contributed by atoms with Crippen molar-refractivity contribution in [2.45, 2.75) is 20.8 Å². The van der Waals surface area contributed by atoms with Crippen LogP contribution < -0.4 is 9.79 Å². The van der Waals surface area contributed by atoms with Gasteiger partial charge in [-0.15, -0.1) is 0 Å². The molecule has 0 aliphatic carbocycles. The molecule has 0 aliphatic rings. The first-order chi connectivity index (χ1) is 3.96. The third-order valence-corrected chi connectivity index (χ3v) is 6.35. The second-order valence-corrected chi connectivity index (χ2v) is 7.41. The predicted octanol–water partition coefficient (Wildman–Crippen LogP) is 0.145. The van der Waals surface area contributed by atoms with Crippen molar-refractivity contribution >= 4 is 7.06 Å². The Hall–Kier alpha value is 1.36. The molecule has 0 N–H and O–H groups in total. The molecule has 0 aromatic rings. The van der Waals surface area contributed by atoms with E-state index in [1.807, 2.05) is 0 Å². The van der Waals surface area contributed by atoms with Crippen molar-refractivity contribution in [2.75, 3.05) is 18.5 Å². The maximum atomic E-state index is 11.4. The van der Waals surface area contributed by atoms with Crippen LogP contribution >= 0.6 is 7.06 Å². The van der Waals surface area contributed by atoms with Crippen molar-refractivity contribution in [3.05, 3.63) is 0 Å². The normalized spacial score (nSPS) is 13.7. The van der Waals surface area contributed by atoms with E-state index in [1.165, 1.54) is 0 Å². The van der Waals surface area contributed by atoms with Crippen LogP contribution in [0.2, 0.25) is 0 Å². The molecule has 76 valence electrons. The van der Waals surface area contributed by atoms with E-state index in [9.17, 15) is 9.79 Å². The molecule has 0 saturated carbocycles. The summed E-state index contributed by atoms with van der Waals surface area (Å²) in [6, 6.07) is 0. The van der Waals surface area contributed by atoms with Crippen molar-refractivity contribution < 1.29 is 43.3 Å². The van der Waals surface area contributed by atoms with Crippen LogP contribution in [-0.2, 0) is 33.6 Å². The molecule has 0 fully saturated rings. The molecule has 2 nitrogen and oxygen atoms in total. The van der Waals surface area contributed by atoms with Gasteiger partial charge >= 0.3 is 56.1 Å². The Labute approximate surface area is 89.6 Å². The first kappa shape index (κ1) is 18.2. The van der Waals surface area contributed by atoms with Crippen LogP contribution in [0.3, 0.4) is 0 Å². The summed E-state index contributed by atoms with van der Waals surface area (Å²) >= 11 is 0. The van der Waals surface area contributed by atoms with Gasteiger partial charge in [-0.3, -0.25) is 0 Å². The quantitative estimate of drug-likeness (QED) is 0.684. The smallest absolute Gasteiger partial charge is 0 e. The fourth-order valence-electron chi connectivity index (χ4n) is 0.671. The zero-order chi connectivity index (χ0) is 7.57. The molecule has 0 aromatic carbocycles. The van der Waals surface area contributed by atoms with Crippen molar-refractivity contribution in [1.82, 2.24) is 0 Å². The summed E-state index contributed by atoms with van der Waals surface area (Å²) in [5, 5.41) is 0. The van der Waals surface area contributed by atoms with Crippen molar-refractivity contribution in [1.29, 1.82) is 0 Å². The average molecular weight is 268 g/mol. The predicted molar refractivity (Wildman–Crippen MR) is 38.5 cm³/mol. The molecule has 0 bridgehead atoms. The first-order valence-corrected chi connectivity index (χ1v) is 6.06. The summed E-state index contributed by atoms with van der Waals surface area (Å²) in [7, 11) is -3.63. The van der Waals surface area contributed by atoms with E-state index in [0.29, 0.717) is 18.5 Å². The molecule has 0 spiro atoms. The Balaban J connectivity index is -0.000000320. The fourth-order valence-corrected chi connectivity index (χ4v) is 2.01. The van der Waals surface area contributed by atoms with Gasteiger partial charge < -0.3 is 0 Å². The standard InChI is InChI=1S/C6H15O2P.2Co/c1-4-9(7,8,5-2)6-3;;/h4-6H2,1-3H3;;/q-2;;. The molecule has 0 aromatic heterocycles. The fraction of sp³-hybridized carbons (Fsp3) is 1.00. The summed E-state index contributed by atoms with van der Waals surface area (Å²) in [4.78, 5) is 22.7. The number of hydrogen-bond acceptors (Lipinski definition) is 2. The Morgan fingerprint density at radius 1 is 0.818 bits per heavy atom. The minimum Gasteiger partial charge on any atom is 0 e. The van der Waals surface area contributed by atoms with Gasteiger partial charge in [0.05, 0.1) is 0 Å². The summed E-state index contributed by atoms with van der Waals surface area (Å²) in [5.74, 6) is 0. The molecule has 0 saturated heterocycles. The van der Waals surface area contributed by atoms with Gasteiger partial charge in [0.25, 0.3) is 0 Å². The monoisotopic (exact) mass is 268 g/mol. The minimum absolute atomic E-state index is 0. The Bertz CT molecular complexity index is 89.7. The molecule has 0 atom stereocenters. The van der Waals surface area contributed by atoms with Gasteiger partial charge in [-0.1, -0.05) is 0 Å². The largest absolute Gasteiger partial charge is 0 e. The van der Waals surface area contributed by atoms with Gasteiger partial charge in [-0.05, 0) is 0 Å². The molecule has 0 rings (SSSR count). The maximum absolute atomic E-state index is 11.4. The van der Waals surface area contributed by atoms with E-state index in [4.69, 9.17) is 0 Å². The van der Waals surface area contributed by atoms with Gasteiger partial charge in [0.2, 0.25) is 0 Å². The Morgan fingerprint density at radius 2 is 1.00 bits per heavy atom. The van der Waals surface area contributed by atoms with Crippen molar-refractivity contribution in [3.63, 3.8) is 0 Å². The van der Waals surface area contributed by atoms with E-state index in [-0.39, 0.29) is 33.6 Å². The van der Waals surface area contributed by atoms with E-state index < -0.39 is 7.06 Å². The van der Waals surface area contributed by atoms with Crippen LogP contribution in [0.5, 0.6) is 0 Å². The summed E-state index contributed by atoms with van der Waals surface area (Å²) in [5.41, 5.74) is 0. The van der Waals surface area contributed by atoms with E-state index in [2.05, 4.69) is 0 Å². The Morgan fingerprint density at radius 3 is 1.00 bits per heavy atom. The molecule has 11 heavy (non-hydrogen) atoms. The Kier molecular flexibility index (Phi) is 9.79. The second kappa shape index (κ2) is 5.92. The maximum Gasteiger partial charge on any atom is 0 e. The van der Waals surface area contributed by atoms with Crippen LogP contribution in [-0.4, -0.2) is 18.5 Å². The van der Waals surface area contributed by atoms with Crippen LogP contribution in [0.4, 0.5) is 0 Å². The molecule has 0 amide bonds. The molecule has 0 heterocycles. The van der Waals surface area contributed by atoms with Crippen LogP contribution in [0.25, 0.3) is 0 Å². The zero-order valence-corrected chi connectivity index (χ0v) is 10.0. The SMILES string of the molecule is CCP([O-])([O-])(CC)CC.[Co].[Co]. The summed E-state index contributed by atoms with van der Waals surface area (Å²) < 4.78 is 0. The van der Waals surface area contributed by atoms with Crippen molar-refractivity contribution in [3.8, 4) is 0 Å². The summed E-state index contributed by atoms with van der Waals surface area (Å²) in [6.07, 6.45) is 0.913. The van der Waals surface area contributed by atoms with E-state index >= 15 is 0 Å². The molecular weight excluding hydrogens is 253 g/mol. The van der Waals surface area contributed by atoms with Gasteiger partial charge in [0, 0.05) is 33.6 Å². The number of hydrogen-bond donors (Lipinski definition) is 0. The van der Waals surface area contributed by atoms with Gasteiger partial charge in [-0.25, -0.2) is 0 Å². The summed E-state index contributed by atoms with van der Waals surface area (Å²) in [6.45, 7) is 5.14.